The van der Waals surface area contributed by atoms with E-state index in [-0.39, 0.29) is 16.7 Å². The van der Waals surface area contributed by atoms with E-state index in [1.165, 1.54) is 6.33 Å². The van der Waals surface area contributed by atoms with Crippen LogP contribution < -0.4 is 5.32 Å². The Morgan fingerprint density at radius 2 is 2.04 bits per heavy atom. The number of anilines is 1. The number of benzene rings is 2. The third-order valence-electron chi connectivity index (χ3n) is 3.25. The molecule has 120 valence electrons. The van der Waals surface area contributed by atoms with Gasteiger partial charge in [0.25, 0.3) is 5.91 Å². The number of halogens is 1. The van der Waals surface area contributed by atoms with E-state index in [2.05, 4.69) is 31.2 Å². The first-order valence-corrected chi connectivity index (χ1v) is 7.44. The number of carbonyl (C=O) groups excluding carboxylic acids is 1. The predicted octanol–water partition coefficient (Wildman–Crippen LogP) is 3.26. The molecule has 0 atom stereocenters. The number of rotatable bonds is 3. The number of aromatic hydroxyl groups is 1. The molecule has 0 saturated carbocycles. The quantitative estimate of drug-likeness (QED) is 0.524. The maximum Gasteiger partial charge on any atom is 0.311 e. The van der Waals surface area contributed by atoms with Crippen LogP contribution in [0.25, 0.3) is 10.9 Å². The van der Waals surface area contributed by atoms with E-state index in [1.54, 1.807) is 24.3 Å². The van der Waals surface area contributed by atoms with Crippen LogP contribution in [0.5, 0.6) is 5.75 Å². The Labute approximate surface area is 143 Å². The summed E-state index contributed by atoms with van der Waals surface area (Å²) in [6.45, 7) is 0. The van der Waals surface area contributed by atoms with Crippen molar-refractivity contribution in [1.82, 2.24) is 9.97 Å². The minimum atomic E-state index is -0.721. The smallest absolute Gasteiger partial charge is 0.311 e. The lowest BCUT2D eigenvalue weighted by Gasteiger charge is -2.08. The molecule has 0 fully saturated rings. The van der Waals surface area contributed by atoms with Crippen molar-refractivity contribution in [1.29, 1.82) is 0 Å². The van der Waals surface area contributed by atoms with Crippen molar-refractivity contribution >= 4 is 44.2 Å². The number of nitrogens with one attached hydrogen (secondary N) is 1. The average molecular weight is 389 g/mol. The fourth-order valence-corrected chi connectivity index (χ4v) is 2.54. The van der Waals surface area contributed by atoms with Gasteiger partial charge in [0.15, 0.2) is 5.75 Å². The second-order valence-corrected chi connectivity index (χ2v) is 5.72. The summed E-state index contributed by atoms with van der Waals surface area (Å²) in [5.41, 5.74) is 0.178. The monoisotopic (exact) mass is 388 g/mol. The van der Waals surface area contributed by atoms with Gasteiger partial charge in [-0.2, -0.15) is 0 Å². The molecule has 0 aliphatic heterocycles. The minimum absolute atomic E-state index is 0.119. The molecule has 0 radical (unpaired) electrons. The highest BCUT2D eigenvalue weighted by atomic mass is 79.9. The standard InChI is InChI=1S/C15H9BrN4O4/c16-9-3-1-2-8(4-9)15(22)19-14-10-5-12(20(23)24)13(21)6-11(10)17-7-18-14/h1-7,21H,(H,17,18,19,22). The summed E-state index contributed by atoms with van der Waals surface area (Å²) in [6.07, 6.45) is 1.20. The van der Waals surface area contributed by atoms with Crippen LogP contribution in [0.4, 0.5) is 11.5 Å². The van der Waals surface area contributed by atoms with E-state index in [9.17, 15) is 20.0 Å². The Hall–Kier alpha value is -3.07. The van der Waals surface area contributed by atoms with Crippen LogP contribution in [0.3, 0.4) is 0 Å². The lowest BCUT2D eigenvalue weighted by Crippen LogP contribution is -2.13. The highest BCUT2D eigenvalue weighted by Crippen LogP contribution is 2.32. The van der Waals surface area contributed by atoms with Crippen LogP contribution in [0, 0.1) is 10.1 Å². The molecule has 3 rings (SSSR count). The number of amides is 1. The van der Waals surface area contributed by atoms with E-state index in [1.807, 2.05) is 0 Å². The van der Waals surface area contributed by atoms with Crippen molar-refractivity contribution < 1.29 is 14.8 Å². The number of carbonyl (C=O) groups is 1. The van der Waals surface area contributed by atoms with E-state index in [0.717, 1.165) is 16.6 Å². The molecule has 0 aliphatic rings. The third-order valence-corrected chi connectivity index (χ3v) is 3.74. The third kappa shape index (κ3) is 3.01. The first-order chi connectivity index (χ1) is 11.5. The van der Waals surface area contributed by atoms with Gasteiger partial charge in [0.1, 0.15) is 12.1 Å². The zero-order valence-electron chi connectivity index (χ0n) is 11.9. The second-order valence-electron chi connectivity index (χ2n) is 4.80. The van der Waals surface area contributed by atoms with Gasteiger partial charge in [0.05, 0.1) is 15.8 Å². The lowest BCUT2D eigenvalue weighted by atomic mass is 10.1. The van der Waals surface area contributed by atoms with Crippen molar-refractivity contribution in [2.45, 2.75) is 0 Å². The predicted molar refractivity (Wildman–Crippen MR) is 90.0 cm³/mol. The van der Waals surface area contributed by atoms with Crippen LogP contribution in [0.1, 0.15) is 10.4 Å². The first kappa shape index (κ1) is 15.8. The van der Waals surface area contributed by atoms with Gasteiger partial charge in [0.2, 0.25) is 0 Å². The fraction of sp³-hybridized carbons (Fsp3) is 0. The number of nitrogens with zero attached hydrogens (tertiary/aromatic N) is 3. The number of nitro benzene ring substituents is 1. The number of phenols is 1. The summed E-state index contributed by atoms with van der Waals surface area (Å²) in [5.74, 6) is -0.810. The van der Waals surface area contributed by atoms with Crippen molar-refractivity contribution in [3.63, 3.8) is 0 Å². The zero-order chi connectivity index (χ0) is 17.3. The van der Waals surface area contributed by atoms with E-state index >= 15 is 0 Å². The van der Waals surface area contributed by atoms with Gasteiger partial charge in [0, 0.05) is 22.2 Å². The minimum Gasteiger partial charge on any atom is -0.502 e. The van der Waals surface area contributed by atoms with Gasteiger partial charge in [-0.15, -0.1) is 0 Å². The number of nitro groups is 1. The molecule has 24 heavy (non-hydrogen) atoms. The van der Waals surface area contributed by atoms with Gasteiger partial charge < -0.3 is 10.4 Å². The summed E-state index contributed by atoms with van der Waals surface area (Å²) in [6, 6.07) is 9.03. The molecule has 0 unspecified atom stereocenters. The summed E-state index contributed by atoms with van der Waals surface area (Å²) in [5, 5.41) is 23.5. The number of phenolic OH excluding ortho intramolecular Hbond substituents is 1. The fourth-order valence-electron chi connectivity index (χ4n) is 2.14. The van der Waals surface area contributed by atoms with E-state index in [4.69, 9.17) is 0 Å². The first-order valence-electron chi connectivity index (χ1n) is 6.65. The molecule has 2 aromatic carbocycles. The largest absolute Gasteiger partial charge is 0.502 e. The molecule has 1 aromatic heterocycles. The number of hydrogen-bond acceptors (Lipinski definition) is 6. The highest BCUT2D eigenvalue weighted by Gasteiger charge is 2.18. The summed E-state index contributed by atoms with van der Waals surface area (Å²) >= 11 is 3.28. The maximum atomic E-state index is 12.3. The Kier molecular flexibility index (Phi) is 4.09. The van der Waals surface area contributed by atoms with Crippen molar-refractivity contribution in [3.05, 3.63) is 62.9 Å². The Bertz CT molecular complexity index is 977. The highest BCUT2D eigenvalue weighted by molar-refractivity contribution is 9.10. The van der Waals surface area contributed by atoms with Crippen LogP contribution in [-0.4, -0.2) is 25.9 Å². The van der Waals surface area contributed by atoms with Gasteiger partial charge >= 0.3 is 5.69 Å². The number of aromatic nitrogens is 2. The Morgan fingerprint density at radius 1 is 1.25 bits per heavy atom. The van der Waals surface area contributed by atoms with E-state index < -0.39 is 22.3 Å². The van der Waals surface area contributed by atoms with Crippen LogP contribution in [0.15, 0.2) is 47.2 Å². The van der Waals surface area contributed by atoms with Crippen molar-refractivity contribution in [3.8, 4) is 5.75 Å². The van der Waals surface area contributed by atoms with Gasteiger partial charge in [-0.25, -0.2) is 9.97 Å². The summed E-state index contributed by atoms with van der Waals surface area (Å²) in [4.78, 5) is 30.5. The lowest BCUT2D eigenvalue weighted by molar-refractivity contribution is -0.385. The average Bonchev–Trinajstić information content (AvgIpc) is 2.54. The molecule has 0 spiro atoms. The summed E-state index contributed by atoms with van der Waals surface area (Å²) < 4.78 is 0.739. The van der Waals surface area contributed by atoms with Crippen LogP contribution >= 0.6 is 15.9 Å². The maximum absolute atomic E-state index is 12.3. The number of hydrogen-bond donors (Lipinski definition) is 2. The molecular formula is C15H9BrN4O4. The van der Waals surface area contributed by atoms with Crippen LogP contribution in [0.2, 0.25) is 0 Å². The molecule has 2 N–H and O–H groups in total. The van der Waals surface area contributed by atoms with Crippen molar-refractivity contribution in [2.24, 2.45) is 0 Å². The van der Waals surface area contributed by atoms with Crippen LogP contribution in [-0.2, 0) is 0 Å². The molecule has 1 heterocycles. The number of fused-ring (bicyclic) bond motifs is 1. The summed E-state index contributed by atoms with van der Waals surface area (Å²) in [7, 11) is 0. The van der Waals surface area contributed by atoms with Gasteiger partial charge in [-0.05, 0) is 18.2 Å². The molecule has 0 aliphatic carbocycles. The second kappa shape index (κ2) is 6.20. The molecular weight excluding hydrogens is 380 g/mol. The topological polar surface area (TPSA) is 118 Å². The molecule has 1 amide bonds. The molecule has 0 bridgehead atoms. The molecule has 9 heteroatoms. The Balaban J connectivity index is 2.04. The zero-order valence-corrected chi connectivity index (χ0v) is 13.5. The SMILES string of the molecule is O=C(Nc1ncnc2cc(O)c([N+](=O)[O-])cc12)c1cccc(Br)c1. The van der Waals surface area contributed by atoms with Crippen molar-refractivity contribution in [2.75, 3.05) is 5.32 Å². The molecule has 0 saturated heterocycles. The Morgan fingerprint density at radius 3 is 2.75 bits per heavy atom. The molecule has 8 nitrogen and oxygen atoms in total. The van der Waals surface area contributed by atoms with Gasteiger partial charge in [-0.3, -0.25) is 14.9 Å². The molecule has 3 aromatic rings. The normalized spacial score (nSPS) is 10.5. The van der Waals surface area contributed by atoms with E-state index in [0.29, 0.717) is 5.56 Å². The van der Waals surface area contributed by atoms with Gasteiger partial charge in [-0.1, -0.05) is 22.0 Å².